The van der Waals surface area contributed by atoms with Crippen LogP contribution in [0.15, 0.2) is 36.5 Å². The number of amides is 1. The van der Waals surface area contributed by atoms with Gasteiger partial charge >= 0.3 is 6.09 Å². The summed E-state index contributed by atoms with van der Waals surface area (Å²) in [5.74, 6) is -0.0769. The summed E-state index contributed by atoms with van der Waals surface area (Å²) in [6.07, 6.45) is 0.493. The quantitative estimate of drug-likeness (QED) is 0.253. The van der Waals surface area contributed by atoms with E-state index in [4.69, 9.17) is 25.5 Å². The molecule has 0 bridgehead atoms. The zero-order valence-corrected chi connectivity index (χ0v) is 29.3. The second-order valence-corrected chi connectivity index (χ2v) is 19.3. The predicted molar refractivity (Wildman–Crippen MR) is 178 cm³/mol. The summed E-state index contributed by atoms with van der Waals surface area (Å²) in [5, 5.41) is 13.8. The Hall–Kier alpha value is -3.72. The van der Waals surface area contributed by atoms with Crippen LogP contribution in [0.2, 0.25) is 23.2 Å². The number of nitrogens with zero attached hydrogens (tertiary/aromatic N) is 4. The molecule has 4 rings (SSSR count). The van der Waals surface area contributed by atoms with Crippen LogP contribution < -0.4 is 15.0 Å². The molecule has 45 heavy (non-hydrogen) atoms. The van der Waals surface area contributed by atoms with E-state index in [0.29, 0.717) is 33.3 Å². The largest absolute Gasteiger partial charge is 0.495 e. The second kappa shape index (κ2) is 12.2. The van der Waals surface area contributed by atoms with Gasteiger partial charge in [0, 0.05) is 29.2 Å². The third-order valence-electron chi connectivity index (χ3n) is 8.25. The molecule has 3 aromatic rings. The molecule has 2 heterocycles. The topological polar surface area (TPSA) is 110 Å². The zero-order valence-electron chi connectivity index (χ0n) is 27.6. The van der Waals surface area contributed by atoms with Gasteiger partial charge in [-0.2, -0.15) is 5.26 Å². The van der Waals surface area contributed by atoms with Gasteiger partial charge in [0.05, 0.1) is 30.2 Å². The van der Waals surface area contributed by atoms with E-state index >= 15 is 4.39 Å². The summed E-state index contributed by atoms with van der Waals surface area (Å²) in [4.78, 5) is 23.6. The lowest BCUT2D eigenvalue weighted by molar-refractivity contribution is 0.0575. The van der Waals surface area contributed by atoms with Crippen molar-refractivity contribution in [3.05, 3.63) is 58.5 Å². The van der Waals surface area contributed by atoms with Crippen molar-refractivity contribution in [3.63, 3.8) is 0 Å². The van der Waals surface area contributed by atoms with E-state index in [-0.39, 0.29) is 35.4 Å². The monoisotopic (exact) mass is 653 g/mol. The van der Waals surface area contributed by atoms with Gasteiger partial charge in [-0.3, -0.25) is 4.90 Å². The Balaban J connectivity index is 1.84. The van der Waals surface area contributed by atoms with Crippen LogP contribution in [0.25, 0.3) is 11.3 Å². The van der Waals surface area contributed by atoms with E-state index in [1.165, 1.54) is 18.1 Å². The average molecular weight is 654 g/mol. The fourth-order valence-electron chi connectivity index (χ4n) is 4.80. The molecule has 1 aliphatic heterocycles. The number of hydrogen-bond donors (Lipinski definition) is 1. The van der Waals surface area contributed by atoms with Gasteiger partial charge in [-0.15, -0.1) is 0 Å². The molecular formula is C33H41ClFN5O4Si. The molecule has 9 nitrogen and oxygen atoms in total. The van der Waals surface area contributed by atoms with Crippen LogP contribution >= 0.6 is 11.6 Å². The van der Waals surface area contributed by atoms with E-state index in [0.717, 1.165) is 6.20 Å². The minimum absolute atomic E-state index is 0.0174. The number of fused-ring (bicyclic) bond motifs is 1. The normalized spacial score (nSPS) is 16.6. The highest BCUT2D eigenvalue weighted by atomic mass is 35.5. The third-order valence-corrected chi connectivity index (χ3v) is 13.0. The Morgan fingerprint density at radius 3 is 2.49 bits per heavy atom. The molecule has 0 saturated carbocycles. The van der Waals surface area contributed by atoms with Crippen molar-refractivity contribution >= 4 is 43.3 Å². The van der Waals surface area contributed by atoms with Crippen molar-refractivity contribution in [3.8, 4) is 23.1 Å². The van der Waals surface area contributed by atoms with Gasteiger partial charge < -0.3 is 19.2 Å². The Bertz CT molecular complexity index is 1660. The van der Waals surface area contributed by atoms with Crippen molar-refractivity contribution < 1.29 is 23.1 Å². The van der Waals surface area contributed by atoms with E-state index in [1.54, 1.807) is 45.0 Å². The first-order valence-electron chi connectivity index (χ1n) is 14.7. The molecule has 240 valence electrons. The number of aromatic nitrogens is 2. The van der Waals surface area contributed by atoms with Crippen LogP contribution in [0, 0.1) is 17.1 Å². The van der Waals surface area contributed by atoms with Crippen molar-refractivity contribution in [1.82, 2.24) is 9.97 Å². The van der Waals surface area contributed by atoms with Crippen molar-refractivity contribution in [2.75, 3.05) is 30.5 Å². The predicted octanol–water partition coefficient (Wildman–Crippen LogP) is 8.59. The minimum Gasteiger partial charge on any atom is -0.495 e. The molecule has 0 spiro atoms. The van der Waals surface area contributed by atoms with E-state index in [9.17, 15) is 10.1 Å². The van der Waals surface area contributed by atoms with E-state index < -0.39 is 31.2 Å². The lowest BCUT2D eigenvalue weighted by Crippen LogP contribution is -2.46. The Morgan fingerprint density at radius 2 is 1.89 bits per heavy atom. The number of carbonyl (C=O) groups excluding carboxylic acids is 1. The summed E-state index contributed by atoms with van der Waals surface area (Å²) in [7, 11) is -0.682. The fourth-order valence-corrected chi connectivity index (χ4v) is 6.09. The zero-order chi connectivity index (χ0) is 33.5. The molecule has 0 aliphatic carbocycles. The maximum Gasteiger partial charge on any atom is 0.414 e. The van der Waals surface area contributed by atoms with Crippen molar-refractivity contribution in [2.24, 2.45) is 0 Å². The molecule has 0 radical (unpaired) electrons. The Kier molecular flexibility index (Phi) is 9.28. The van der Waals surface area contributed by atoms with Crippen molar-refractivity contribution in [2.45, 2.75) is 77.6 Å². The number of nitrogens with one attached hydrogen (secondary N) is 1. The average Bonchev–Trinajstić information content (AvgIpc) is 3.24. The summed E-state index contributed by atoms with van der Waals surface area (Å²) in [5.41, 5.74) is 0.638. The minimum atomic E-state index is -2.20. The molecule has 1 N–H and O–H groups in total. The van der Waals surface area contributed by atoms with Gasteiger partial charge in [0.1, 0.15) is 23.1 Å². The molecule has 1 aliphatic rings. The molecule has 1 atom stereocenters. The molecule has 1 aromatic heterocycles. The Labute approximate surface area is 270 Å². The maximum atomic E-state index is 15.4. The van der Waals surface area contributed by atoms with Gasteiger partial charge in [-0.25, -0.2) is 19.2 Å². The second-order valence-electron chi connectivity index (χ2n) is 14.1. The Morgan fingerprint density at radius 1 is 1.20 bits per heavy atom. The molecule has 0 saturated heterocycles. The number of benzene rings is 2. The first-order valence-corrected chi connectivity index (χ1v) is 17.9. The first kappa shape index (κ1) is 34.2. The van der Waals surface area contributed by atoms with Gasteiger partial charge in [-0.1, -0.05) is 39.3 Å². The number of rotatable bonds is 7. The number of anilines is 3. The van der Waals surface area contributed by atoms with Crippen LogP contribution in [0.5, 0.6) is 5.75 Å². The molecular weight excluding hydrogens is 613 g/mol. The SMILES string of the molecule is COc1ccc(Cl)cc1Nc1ncc(F)c(-c2cc(C#N)c3c(c2)[C@@](C)(CO[Si](C)(C)C(C)(C)C)CN3C(=O)OC(C)(C)C)n1. The van der Waals surface area contributed by atoms with Crippen LogP contribution in [-0.2, 0) is 14.6 Å². The lowest BCUT2D eigenvalue weighted by Gasteiger charge is -2.39. The van der Waals surface area contributed by atoms with Crippen molar-refractivity contribution in [1.29, 1.82) is 5.26 Å². The van der Waals surface area contributed by atoms with Gasteiger partial charge in [0.2, 0.25) is 5.95 Å². The summed E-state index contributed by atoms with van der Waals surface area (Å²) < 4.78 is 33.2. The van der Waals surface area contributed by atoms with Gasteiger partial charge in [0.25, 0.3) is 0 Å². The fraction of sp³-hybridized carbons (Fsp3) is 0.455. The first-order chi connectivity index (χ1) is 20.8. The van der Waals surface area contributed by atoms with Crippen LogP contribution in [0.1, 0.15) is 59.6 Å². The third kappa shape index (κ3) is 7.24. The van der Waals surface area contributed by atoms with Gasteiger partial charge in [0.15, 0.2) is 14.1 Å². The molecule has 0 fully saturated rings. The van der Waals surface area contributed by atoms with E-state index in [2.05, 4.69) is 55.2 Å². The lowest BCUT2D eigenvalue weighted by atomic mass is 9.83. The number of nitriles is 1. The summed E-state index contributed by atoms with van der Waals surface area (Å²) in [6.45, 7) is 18.7. The molecule has 0 unspecified atom stereocenters. The van der Waals surface area contributed by atoms with Crippen LogP contribution in [0.3, 0.4) is 0 Å². The van der Waals surface area contributed by atoms with E-state index in [1.807, 2.05) is 6.92 Å². The maximum absolute atomic E-state index is 15.4. The number of methoxy groups -OCH3 is 1. The number of halogens is 2. The van der Waals surface area contributed by atoms with Crippen LogP contribution in [0.4, 0.5) is 26.5 Å². The summed E-state index contributed by atoms with van der Waals surface area (Å²) in [6, 6.07) is 10.6. The van der Waals surface area contributed by atoms with Gasteiger partial charge in [-0.05, 0) is 74.8 Å². The number of ether oxygens (including phenoxy) is 2. The molecule has 12 heteroatoms. The highest BCUT2D eigenvalue weighted by molar-refractivity contribution is 6.74. The molecule has 1 amide bonds. The number of hydrogen-bond acceptors (Lipinski definition) is 8. The molecule has 2 aromatic carbocycles. The highest BCUT2D eigenvalue weighted by Crippen LogP contribution is 2.47. The summed E-state index contributed by atoms with van der Waals surface area (Å²) >= 11 is 6.18. The smallest absolute Gasteiger partial charge is 0.414 e. The number of carbonyl (C=O) groups is 1. The highest BCUT2D eigenvalue weighted by Gasteiger charge is 2.47. The van der Waals surface area contributed by atoms with Crippen LogP contribution in [-0.4, -0.2) is 50.2 Å². The standard InChI is InChI=1S/C33H41ClFN5O4Si/c1-31(2,3)44-30(41)40-18-33(7,19-43-45(9,10)32(4,5)6)23-14-20(13-21(16-36)28(23)40)27-24(35)17-37-29(39-27)38-25-15-22(34)11-12-26(25)42-8/h11-15,17H,18-19H2,1-10H3,(H,37,38,39)/t33-/m1/s1.